The molecule has 0 saturated heterocycles. The molecule has 1 aromatic heterocycles. The van der Waals surface area contributed by atoms with Crippen molar-refractivity contribution in [1.82, 2.24) is 15.1 Å². The minimum atomic E-state index is 0.417. The molecule has 0 bridgehead atoms. The maximum Gasteiger partial charge on any atom is 0.0942 e. The Kier molecular flexibility index (Phi) is 4.85. The molecule has 1 fully saturated rings. The van der Waals surface area contributed by atoms with Crippen LogP contribution in [0.3, 0.4) is 0 Å². The van der Waals surface area contributed by atoms with Crippen molar-refractivity contribution in [2.24, 2.45) is 18.4 Å². The van der Waals surface area contributed by atoms with E-state index in [1.807, 2.05) is 23.5 Å². The molecule has 114 valence electrons. The molecule has 1 aromatic rings. The highest BCUT2D eigenvalue weighted by Crippen LogP contribution is 2.43. The van der Waals surface area contributed by atoms with Crippen LogP contribution in [0.2, 0.25) is 0 Å². The zero-order valence-corrected chi connectivity index (χ0v) is 14.5. The molecule has 1 N–H and O–H groups in total. The van der Waals surface area contributed by atoms with Gasteiger partial charge in [-0.1, -0.05) is 20.8 Å². The third-order valence-electron chi connectivity index (χ3n) is 4.62. The number of nitrogens with zero attached hydrogens (tertiary/aromatic N) is 2. The predicted octanol–water partition coefficient (Wildman–Crippen LogP) is 3.62. The molecule has 1 saturated carbocycles. The molecule has 0 radical (unpaired) electrons. The molecule has 0 amide bonds. The van der Waals surface area contributed by atoms with E-state index in [4.69, 9.17) is 0 Å². The molecule has 2 rings (SSSR count). The topological polar surface area (TPSA) is 29.9 Å². The number of nitrogens with one attached hydrogen (secondary N) is 1. The lowest BCUT2D eigenvalue weighted by molar-refractivity contribution is 0.167. The normalized spacial score (nSPS) is 27.8. The highest BCUT2D eigenvalue weighted by Gasteiger charge is 2.36. The van der Waals surface area contributed by atoms with Crippen molar-refractivity contribution in [2.75, 3.05) is 7.05 Å². The lowest BCUT2D eigenvalue weighted by atomic mass is 9.71. The van der Waals surface area contributed by atoms with Gasteiger partial charge < -0.3 is 5.32 Å². The van der Waals surface area contributed by atoms with Crippen LogP contribution in [0.15, 0.2) is 11.1 Å². The van der Waals surface area contributed by atoms with Crippen molar-refractivity contribution < 1.29 is 0 Å². The van der Waals surface area contributed by atoms with Gasteiger partial charge in [0.15, 0.2) is 0 Å². The van der Waals surface area contributed by atoms with Crippen molar-refractivity contribution in [3.8, 4) is 0 Å². The molecule has 0 spiro atoms. The molecular formula is C16H29N3S. The molecular weight excluding hydrogens is 266 g/mol. The van der Waals surface area contributed by atoms with Gasteiger partial charge in [0, 0.05) is 18.3 Å². The molecule has 0 aliphatic heterocycles. The first-order valence-corrected chi connectivity index (χ1v) is 8.53. The van der Waals surface area contributed by atoms with Gasteiger partial charge in [-0.05, 0) is 50.6 Å². The highest BCUT2D eigenvalue weighted by atomic mass is 32.2. The molecule has 3 nitrogen and oxygen atoms in total. The summed E-state index contributed by atoms with van der Waals surface area (Å²) in [5.74, 6) is 0.818. The summed E-state index contributed by atoms with van der Waals surface area (Å²) < 4.78 is 2.02. The maximum absolute atomic E-state index is 4.47. The number of hydrogen-bond acceptors (Lipinski definition) is 3. The van der Waals surface area contributed by atoms with E-state index in [1.54, 1.807) is 0 Å². The lowest BCUT2D eigenvalue weighted by Crippen LogP contribution is -2.43. The Morgan fingerprint density at radius 3 is 2.55 bits per heavy atom. The smallest absolute Gasteiger partial charge is 0.0942 e. The number of thioether (sulfide) groups is 1. The number of hydrogen-bond donors (Lipinski definition) is 1. The van der Waals surface area contributed by atoms with Crippen LogP contribution < -0.4 is 5.32 Å². The van der Waals surface area contributed by atoms with Gasteiger partial charge in [0.1, 0.15) is 0 Å². The van der Waals surface area contributed by atoms with Crippen LogP contribution >= 0.6 is 11.8 Å². The van der Waals surface area contributed by atoms with Gasteiger partial charge in [0.2, 0.25) is 0 Å². The fraction of sp³-hybridized carbons (Fsp3) is 0.812. The van der Waals surface area contributed by atoms with E-state index in [-0.39, 0.29) is 0 Å². The second-order valence-corrected chi connectivity index (χ2v) is 8.43. The molecule has 3 unspecified atom stereocenters. The summed E-state index contributed by atoms with van der Waals surface area (Å²) in [5.41, 5.74) is 1.53. The van der Waals surface area contributed by atoms with E-state index in [0.717, 1.165) is 11.6 Å². The molecule has 4 heteroatoms. The zero-order valence-electron chi connectivity index (χ0n) is 13.7. The van der Waals surface area contributed by atoms with Gasteiger partial charge >= 0.3 is 0 Å². The summed E-state index contributed by atoms with van der Waals surface area (Å²) in [6.07, 6.45) is 3.92. The van der Waals surface area contributed by atoms with E-state index in [1.165, 1.54) is 24.3 Å². The van der Waals surface area contributed by atoms with Crippen LogP contribution in [0.25, 0.3) is 0 Å². The van der Waals surface area contributed by atoms with E-state index >= 15 is 0 Å². The lowest BCUT2D eigenvalue weighted by Gasteiger charge is -2.41. The standard InChI is InChI=1S/C16H29N3S/c1-11-9-15(19(6)18-11)20-14-10-12(16(2,3)4)7-8-13(14)17-5/h9,12-14,17H,7-8,10H2,1-6H3. The Labute approximate surface area is 127 Å². The minimum Gasteiger partial charge on any atom is -0.316 e. The first kappa shape index (κ1) is 15.9. The van der Waals surface area contributed by atoms with Crippen LogP contribution in [-0.2, 0) is 7.05 Å². The number of aromatic nitrogens is 2. The van der Waals surface area contributed by atoms with Crippen LogP contribution in [0.5, 0.6) is 0 Å². The van der Waals surface area contributed by atoms with Gasteiger partial charge in [-0.2, -0.15) is 5.10 Å². The first-order chi connectivity index (χ1) is 9.31. The quantitative estimate of drug-likeness (QED) is 0.923. The predicted molar refractivity (Wildman–Crippen MR) is 87.2 cm³/mol. The van der Waals surface area contributed by atoms with Gasteiger partial charge in [0.05, 0.1) is 10.7 Å². The van der Waals surface area contributed by atoms with Crippen LogP contribution in [0.1, 0.15) is 45.7 Å². The summed E-state index contributed by atoms with van der Waals surface area (Å²) >= 11 is 2.00. The summed E-state index contributed by atoms with van der Waals surface area (Å²) in [6, 6.07) is 2.83. The van der Waals surface area contributed by atoms with Crippen LogP contribution in [0.4, 0.5) is 0 Å². The SMILES string of the molecule is CNC1CCC(C(C)(C)C)CC1Sc1cc(C)nn1C. The highest BCUT2D eigenvalue weighted by molar-refractivity contribution is 7.99. The van der Waals surface area contributed by atoms with Gasteiger partial charge in [-0.15, -0.1) is 11.8 Å². The third kappa shape index (κ3) is 3.59. The monoisotopic (exact) mass is 295 g/mol. The molecule has 20 heavy (non-hydrogen) atoms. The zero-order chi connectivity index (χ0) is 14.9. The van der Waals surface area contributed by atoms with Crippen molar-refractivity contribution in [2.45, 2.75) is 63.3 Å². The Morgan fingerprint density at radius 2 is 2.05 bits per heavy atom. The van der Waals surface area contributed by atoms with Gasteiger partial charge in [0.25, 0.3) is 0 Å². The molecule has 0 aromatic carbocycles. The van der Waals surface area contributed by atoms with Crippen molar-refractivity contribution in [3.63, 3.8) is 0 Å². The van der Waals surface area contributed by atoms with Crippen molar-refractivity contribution in [1.29, 1.82) is 0 Å². The Hall–Kier alpha value is -0.480. The van der Waals surface area contributed by atoms with Crippen LogP contribution in [-0.4, -0.2) is 28.1 Å². The number of rotatable bonds is 3. The second kappa shape index (κ2) is 6.10. The Morgan fingerprint density at radius 1 is 1.35 bits per heavy atom. The first-order valence-electron chi connectivity index (χ1n) is 7.66. The fourth-order valence-electron chi connectivity index (χ4n) is 3.23. The van der Waals surface area contributed by atoms with Crippen molar-refractivity contribution in [3.05, 3.63) is 11.8 Å². The maximum atomic E-state index is 4.47. The summed E-state index contributed by atoms with van der Waals surface area (Å²) in [7, 11) is 4.15. The molecule has 3 atom stereocenters. The van der Waals surface area contributed by atoms with E-state index in [0.29, 0.717) is 16.7 Å². The average molecular weight is 295 g/mol. The van der Waals surface area contributed by atoms with Crippen molar-refractivity contribution >= 4 is 11.8 Å². The fourth-order valence-corrected chi connectivity index (χ4v) is 4.74. The van der Waals surface area contributed by atoms with Gasteiger partial charge in [-0.25, -0.2) is 0 Å². The Balaban J connectivity index is 2.11. The summed E-state index contributed by atoms with van der Waals surface area (Å²) in [6.45, 7) is 9.21. The molecule has 1 aliphatic carbocycles. The average Bonchev–Trinajstić information content (AvgIpc) is 2.66. The van der Waals surface area contributed by atoms with E-state index in [9.17, 15) is 0 Å². The minimum absolute atomic E-state index is 0.417. The summed E-state index contributed by atoms with van der Waals surface area (Å²) in [5, 5.41) is 9.93. The molecule has 1 heterocycles. The number of aryl methyl sites for hydroxylation is 2. The van der Waals surface area contributed by atoms with E-state index < -0.39 is 0 Å². The van der Waals surface area contributed by atoms with Crippen LogP contribution in [0, 0.1) is 18.3 Å². The third-order valence-corrected chi connectivity index (χ3v) is 6.07. The van der Waals surface area contributed by atoms with E-state index in [2.05, 4.69) is 51.2 Å². The largest absolute Gasteiger partial charge is 0.316 e. The summed E-state index contributed by atoms with van der Waals surface area (Å²) in [4.78, 5) is 0. The Bertz CT molecular complexity index is 447. The van der Waals surface area contributed by atoms with Gasteiger partial charge in [-0.3, -0.25) is 4.68 Å². The second-order valence-electron chi connectivity index (χ2n) is 7.18. The molecule has 1 aliphatic rings.